The third-order valence-corrected chi connectivity index (χ3v) is 2.82. The van der Waals surface area contributed by atoms with E-state index in [-0.39, 0.29) is 17.7 Å². The van der Waals surface area contributed by atoms with E-state index in [1.54, 1.807) is 0 Å². The summed E-state index contributed by atoms with van der Waals surface area (Å²) in [5, 5.41) is 19.2. The van der Waals surface area contributed by atoms with Crippen molar-refractivity contribution in [1.29, 1.82) is 0 Å². The van der Waals surface area contributed by atoms with Gasteiger partial charge >= 0.3 is 0 Å². The smallest absolute Gasteiger partial charge is 0.188 e. The van der Waals surface area contributed by atoms with Gasteiger partial charge in [0, 0.05) is 24.1 Å². The number of aliphatic hydroxyl groups excluding tert-OH is 2. The zero-order valence-electron chi connectivity index (χ0n) is 9.27. The van der Waals surface area contributed by atoms with Crippen molar-refractivity contribution in [2.24, 2.45) is 0 Å². The summed E-state index contributed by atoms with van der Waals surface area (Å²) in [5.41, 5.74) is 0.0294. The molecule has 2 atom stereocenters. The number of rotatable bonds is 6. The van der Waals surface area contributed by atoms with Crippen LogP contribution in [0.25, 0.3) is 0 Å². The Balaban J connectivity index is 2.82. The Labute approximate surface area is 107 Å². The average Bonchev–Trinajstić information content (AvgIpc) is 2.34. The lowest BCUT2D eigenvalue weighted by atomic mass is 10.0. The van der Waals surface area contributed by atoms with Crippen molar-refractivity contribution in [3.05, 3.63) is 29.6 Å². The van der Waals surface area contributed by atoms with Gasteiger partial charge in [0.2, 0.25) is 0 Å². The molecule has 0 saturated heterocycles. The van der Waals surface area contributed by atoms with Gasteiger partial charge in [-0.3, -0.25) is 0 Å². The largest absolute Gasteiger partial charge is 0.467 e. The van der Waals surface area contributed by atoms with Crippen LogP contribution in [0, 0.1) is 5.82 Å². The molecule has 0 bridgehead atoms. The van der Waals surface area contributed by atoms with Crippen molar-refractivity contribution >= 4 is 15.9 Å². The van der Waals surface area contributed by atoms with Gasteiger partial charge in [0.1, 0.15) is 17.7 Å². The Hall–Kier alpha value is -0.690. The first-order chi connectivity index (χ1) is 8.10. The molecule has 0 aliphatic heterocycles. The van der Waals surface area contributed by atoms with Crippen LogP contribution < -0.4 is 4.74 Å². The lowest BCUT2D eigenvalue weighted by Gasteiger charge is -2.17. The van der Waals surface area contributed by atoms with Gasteiger partial charge in [-0.05, 0) is 12.1 Å². The van der Waals surface area contributed by atoms with Crippen molar-refractivity contribution < 1.29 is 24.1 Å². The Bertz CT molecular complexity index is 361. The fourth-order valence-corrected chi connectivity index (χ4v) is 1.61. The predicted molar refractivity (Wildman–Crippen MR) is 63.7 cm³/mol. The third-order valence-electron chi connectivity index (χ3n) is 2.16. The average molecular weight is 309 g/mol. The molecule has 1 aromatic carbocycles. The van der Waals surface area contributed by atoms with Crippen LogP contribution in [-0.2, 0) is 4.74 Å². The van der Waals surface area contributed by atoms with Gasteiger partial charge in [-0.2, -0.15) is 0 Å². The molecule has 0 aliphatic carbocycles. The zero-order valence-corrected chi connectivity index (χ0v) is 10.9. The van der Waals surface area contributed by atoms with Crippen LogP contribution in [0.2, 0.25) is 0 Å². The van der Waals surface area contributed by atoms with E-state index in [1.165, 1.54) is 19.2 Å². The third kappa shape index (κ3) is 3.92. The van der Waals surface area contributed by atoms with Crippen LogP contribution in [0.1, 0.15) is 11.7 Å². The number of ether oxygens (including phenoxy) is 2. The van der Waals surface area contributed by atoms with Crippen LogP contribution in [0.4, 0.5) is 4.39 Å². The second-order valence-electron chi connectivity index (χ2n) is 3.40. The predicted octanol–water partition coefficient (Wildman–Crippen LogP) is 1.60. The zero-order chi connectivity index (χ0) is 12.8. The molecule has 17 heavy (non-hydrogen) atoms. The van der Waals surface area contributed by atoms with E-state index in [9.17, 15) is 14.6 Å². The van der Waals surface area contributed by atoms with E-state index < -0.39 is 18.0 Å². The summed E-state index contributed by atoms with van der Waals surface area (Å²) in [6.45, 7) is 0.0192. The molecule has 0 aliphatic rings. The molecular weight excluding hydrogens is 295 g/mol. The van der Waals surface area contributed by atoms with Gasteiger partial charge < -0.3 is 19.7 Å². The molecular formula is C11H14BrFO4. The Morgan fingerprint density at radius 1 is 1.41 bits per heavy atom. The van der Waals surface area contributed by atoms with E-state index >= 15 is 0 Å². The number of alkyl halides is 1. The summed E-state index contributed by atoms with van der Waals surface area (Å²) in [7, 11) is 1.46. The standard InChI is InChI=1S/C11H14BrFO4/c1-16-6-17-7-2-3-8(9(13)4-7)11(15)10(14)5-12/h2-4,10-11,14-15H,5-6H2,1H3. The topological polar surface area (TPSA) is 58.9 Å². The molecule has 0 amide bonds. The lowest BCUT2D eigenvalue weighted by molar-refractivity contribution is 0.0315. The Morgan fingerprint density at radius 3 is 2.65 bits per heavy atom. The van der Waals surface area contributed by atoms with Crippen LogP contribution in [0.15, 0.2) is 18.2 Å². The second kappa shape index (κ2) is 6.90. The number of halogens is 2. The van der Waals surface area contributed by atoms with Crippen molar-refractivity contribution in [2.75, 3.05) is 19.2 Å². The molecule has 0 heterocycles. The molecule has 0 aromatic heterocycles. The first-order valence-electron chi connectivity index (χ1n) is 4.93. The fraction of sp³-hybridized carbons (Fsp3) is 0.455. The minimum atomic E-state index is -1.27. The molecule has 1 aromatic rings. The van der Waals surface area contributed by atoms with Crippen molar-refractivity contribution in [3.63, 3.8) is 0 Å². The molecule has 4 nitrogen and oxygen atoms in total. The Kier molecular flexibility index (Phi) is 5.84. The lowest BCUT2D eigenvalue weighted by Crippen LogP contribution is -2.20. The minimum Gasteiger partial charge on any atom is -0.467 e. The van der Waals surface area contributed by atoms with Gasteiger partial charge in [0.05, 0.1) is 6.10 Å². The maximum Gasteiger partial charge on any atom is 0.188 e. The highest BCUT2D eigenvalue weighted by atomic mass is 79.9. The summed E-state index contributed by atoms with van der Waals surface area (Å²) < 4.78 is 23.3. The summed E-state index contributed by atoms with van der Waals surface area (Å²) in [5.74, 6) is -0.334. The van der Waals surface area contributed by atoms with Crippen LogP contribution >= 0.6 is 15.9 Å². The number of hydrogen-bond donors (Lipinski definition) is 2. The maximum atomic E-state index is 13.6. The van der Waals surface area contributed by atoms with Gasteiger partial charge in [-0.1, -0.05) is 15.9 Å². The van der Waals surface area contributed by atoms with Crippen molar-refractivity contribution in [1.82, 2.24) is 0 Å². The minimum absolute atomic E-state index is 0.0192. The highest BCUT2D eigenvalue weighted by molar-refractivity contribution is 9.09. The number of methoxy groups -OCH3 is 1. The number of benzene rings is 1. The second-order valence-corrected chi connectivity index (χ2v) is 4.05. The molecule has 2 N–H and O–H groups in total. The summed E-state index contributed by atoms with van der Waals surface area (Å²) in [6, 6.07) is 4.01. The molecule has 0 radical (unpaired) electrons. The first-order valence-corrected chi connectivity index (χ1v) is 6.05. The Morgan fingerprint density at radius 2 is 2.12 bits per heavy atom. The molecule has 6 heteroatoms. The van der Waals surface area contributed by atoms with Gasteiger partial charge in [-0.15, -0.1) is 0 Å². The highest BCUT2D eigenvalue weighted by Crippen LogP contribution is 2.24. The quantitative estimate of drug-likeness (QED) is 0.619. The van der Waals surface area contributed by atoms with Crippen LogP contribution in [-0.4, -0.2) is 35.5 Å². The van der Waals surface area contributed by atoms with Crippen LogP contribution in [0.3, 0.4) is 0 Å². The van der Waals surface area contributed by atoms with E-state index in [4.69, 9.17) is 4.74 Å². The van der Waals surface area contributed by atoms with E-state index in [1.807, 2.05) is 0 Å². The SMILES string of the molecule is COCOc1ccc(C(O)C(O)CBr)c(F)c1. The monoisotopic (exact) mass is 308 g/mol. The molecule has 96 valence electrons. The summed E-state index contributed by atoms with van der Waals surface area (Å²) in [6.07, 6.45) is -2.33. The molecule has 2 unspecified atom stereocenters. The van der Waals surface area contributed by atoms with Gasteiger partial charge in [0.25, 0.3) is 0 Å². The van der Waals surface area contributed by atoms with Crippen molar-refractivity contribution in [2.45, 2.75) is 12.2 Å². The van der Waals surface area contributed by atoms with E-state index in [0.717, 1.165) is 6.07 Å². The fourth-order valence-electron chi connectivity index (χ4n) is 1.26. The van der Waals surface area contributed by atoms with E-state index in [0.29, 0.717) is 5.75 Å². The van der Waals surface area contributed by atoms with Gasteiger partial charge in [-0.25, -0.2) is 4.39 Å². The molecule has 1 rings (SSSR count). The van der Waals surface area contributed by atoms with Crippen molar-refractivity contribution in [3.8, 4) is 5.75 Å². The van der Waals surface area contributed by atoms with E-state index in [2.05, 4.69) is 20.7 Å². The first kappa shape index (κ1) is 14.4. The highest BCUT2D eigenvalue weighted by Gasteiger charge is 2.20. The molecule has 0 saturated carbocycles. The molecule has 0 spiro atoms. The normalized spacial score (nSPS) is 14.4. The van der Waals surface area contributed by atoms with Gasteiger partial charge in [0.15, 0.2) is 6.79 Å². The maximum absolute atomic E-state index is 13.6. The number of hydrogen-bond acceptors (Lipinski definition) is 4. The summed E-state index contributed by atoms with van der Waals surface area (Å²) >= 11 is 3.01. The van der Waals surface area contributed by atoms with Crippen LogP contribution in [0.5, 0.6) is 5.75 Å². The number of aliphatic hydroxyl groups is 2. The summed E-state index contributed by atoms with van der Waals surface area (Å²) in [4.78, 5) is 0. The molecule has 0 fully saturated rings.